The van der Waals surface area contributed by atoms with Crippen LogP contribution in [0, 0.1) is 5.92 Å². The minimum Gasteiger partial charge on any atom is -0.468 e. The van der Waals surface area contributed by atoms with Gasteiger partial charge in [-0.15, -0.1) is 0 Å². The molecule has 1 saturated heterocycles. The molecule has 1 aliphatic heterocycles. The predicted molar refractivity (Wildman–Crippen MR) is 73.9 cm³/mol. The molecule has 0 radical (unpaired) electrons. The largest absolute Gasteiger partial charge is 0.468 e. The van der Waals surface area contributed by atoms with Gasteiger partial charge in [0.15, 0.2) is 0 Å². The zero-order valence-electron chi connectivity index (χ0n) is 12.0. The fourth-order valence-corrected chi connectivity index (χ4v) is 2.20. The molecular formula is C15H25NO3. The van der Waals surface area contributed by atoms with E-state index in [9.17, 15) is 0 Å². The molecular weight excluding hydrogens is 242 g/mol. The molecule has 19 heavy (non-hydrogen) atoms. The van der Waals surface area contributed by atoms with Crippen LogP contribution in [-0.4, -0.2) is 25.9 Å². The Kier molecular flexibility index (Phi) is 5.89. The van der Waals surface area contributed by atoms with E-state index >= 15 is 0 Å². The van der Waals surface area contributed by atoms with Crippen molar-refractivity contribution in [3.63, 3.8) is 0 Å². The molecule has 1 aromatic rings. The van der Waals surface area contributed by atoms with Crippen LogP contribution in [0.1, 0.15) is 38.0 Å². The van der Waals surface area contributed by atoms with Crippen LogP contribution >= 0.6 is 0 Å². The number of rotatable bonds is 7. The molecule has 108 valence electrons. The third-order valence-electron chi connectivity index (χ3n) is 3.46. The fraction of sp³-hybridized carbons (Fsp3) is 0.733. The van der Waals surface area contributed by atoms with E-state index in [0.29, 0.717) is 18.6 Å². The minimum atomic E-state index is 0.459. The van der Waals surface area contributed by atoms with E-state index in [-0.39, 0.29) is 0 Å². The van der Waals surface area contributed by atoms with Gasteiger partial charge in [0.2, 0.25) is 0 Å². The molecule has 0 spiro atoms. The van der Waals surface area contributed by atoms with Gasteiger partial charge in [-0.05, 0) is 24.8 Å². The first-order valence-corrected chi connectivity index (χ1v) is 7.20. The second-order valence-corrected chi connectivity index (χ2v) is 5.48. The lowest BCUT2D eigenvalue weighted by Gasteiger charge is -2.21. The first kappa shape index (κ1) is 14.6. The Balaban J connectivity index is 1.71. The Morgan fingerprint density at radius 2 is 2.16 bits per heavy atom. The summed E-state index contributed by atoms with van der Waals surface area (Å²) in [6.45, 7) is 8.25. The molecule has 4 heteroatoms. The molecule has 1 aliphatic rings. The van der Waals surface area contributed by atoms with Gasteiger partial charge < -0.3 is 19.2 Å². The molecule has 4 nitrogen and oxygen atoms in total. The molecule has 0 aliphatic carbocycles. The Labute approximate surface area is 115 Å². The lowest BCUT2D eigenvalue weighted by atomic mass is 10.0. The van der Waals surface area contributed by atoms with Crippen LogP contribution in [0.15, 0.2) is 16.7 Å². The van der Waals surface area contributed by atoms with Crippen molar-refractivity contribution in [3.8, 4) is 0 Å². The third kappa shape index (κ3) is 4.97. The third-order valence-corrected chi connectivity index (χ3v) is 3.46. The van der Waals surface area contributed by atoms with Crippen LogP contribution in [0.5, 0.6) is 0 Å². The van der Waals surface area contributed by atoms with E-state index in [1.807, 2.05) is 6.07 Å². The summed E-state index contributed by atoms with van der Waals surface area (Å²) in [5.74, 6) is 1.64. The van der Waals surface area contributed by atoms with E-state index in [1.165, 1.54) is 0 Å². The van der Waals surface area contributed by atoms with Crippen molar-refractivity contribution in [2.75, 3.05) is 19.8 Å². The molecule has 0 unspecified atom stereocenters. The quantitative estimate of drug-likeness (QED) is 0.825. The highest BCUT2D eigenvalue weighted by atomic mass is 16.5. The normalized spacial score (nSPS) is 17.2. The van der Waals surface area contributed by atoms with E-state index in [4.69, 9.17) is 13.9 Å². The fourth-order valence-electron chi connectivity index (χ4n) is 2.20. The van der Waals surface area contributed by atoms with Crippen LogP contribution in [-0.2, 0) is 22.6 Å². The van der Waals surface area contributed by atoms with Crippen molar-refractivity contribution in [3.05, 3.63) is 23.7 Å². The second kappa shape index (κ2) is 7.68. The molecule has 0 saturated carbocycles. The highest BCUT2D eigenvalue weighted by molar-refractivity contribution is 5.15. The molecule has 2 rings (SSSR count). The van der Waals surface area contributed by atoms with Crippen molar-refractivity contribution in [2.24, 2.45) is 5.92 Å². The summed E-state index contributed by atoms with van der Waals surface area (Å²) in [6, 6.07) is 2.46. The molecule has 1 fully saturated rings. The van der Waals surface area contributed by atoms with Gasteiger partial charge in [-0.25, -0.2) is 0 Å². The molecule has 0 atom stereocenters. The molecule has 2 heterocycles. The zero-order valence-corrected chi connectivity index (χ0v) is 12.0. The van der Waals surface area contributed by atoms with Gasteiger partial charge in [0, 0.05) is 24.8 Å². The summed E-state index contributed by atoms with van der Waals surface area (Å²) in [6.07, 6.45) is 3.98. The predicted octanol–water partition coefficient (Wildman–Crippen LogP) is 2.72. The van der Waals surface area contributed by atoms with Gasteiger partial charge in [0.25, 0.3) is 0 Å². The van der Waals surface area contributed by atoms with Crippen molar-refractivity contribution in [2.45, 2.75) is 45.9 Å². The second-order valence-electron chi connectivity index (χ2n) is 5.48. The summed E-state index contributed by atoms with van der Waals surface area (Å²) in [4.78, 5) is 0. The number of hydrogen-bond donors (Lipinski definition) is 1. The van der Waals surface area contributed by atoms with Crippen molar-refractivity contribution >= 4 is 0 Å². The highest BCUT2D eigenvalue weighted by Crippen LogP contribution is 2.17. The maximum Gasteiger partial charge on any atom is 0.123 e. The van der Waals surface area contributed by atoms with Crippen LogP contribution in [0.4, 0.5) is 0 Å². The van der Waals surface area contributed by atoms with E-state index < -0.39 is 0 Å². The van der Waals surface area contributed by atoms with Gasteiger partial charge in [-0.1, -0.05) is 13.8 Å². The highest BCUT2D eigenvalue weighted by Gasteiger charge is 2.14. The lowest BCUT2D eigenvalue weighted by molar-refractivity contribution is 0.0154. The summed E-state index contributed by atoms with van der Waals surface area (Å²) >= 11 is 0. The topological polar surface area (TPSA) is 43.6 Å². The Morgan fingerprint density at radius 1 is 1.37 bits per heavy atom. The van der Waals surface area contributed by atoms with Crippen LogP contribution in [0.3, 0.4) is 0 Å². The van der Waals surface area contributed by atoms with Crippen molar-refractivity contribution < 1.29 is 13.9 Å². The van der Waals surface area contributed by atoms with Gasteiger partial charge >= 0.3 is 0 Å². The molecule has 0 aromatic carbocycles. The average molecular weight is 267 g/mol. The van der Waals surface area contributed by atoms with Gasteiger partial charge in [-0.3, -0.25) is 0 Å². The van der Waals surface area contributed by atoms with E-state index in [0.717, 1.165) is 50.5 Å². The maximum absolute atomic E-state index is 5.82. The van der Waals surface area contributed by atoms with Gasteiger partial charge in [0.1, 0.15) is 5.76 Å². The van der Waals surface area contributed by atoms with E-state index in [2.05, 4.69) is 19.2 Å². The molecule has 0 bridgehead atoms. The van der Waals surface area contributed by atoms with Crippen molar-refractivity contribution in [1.29, 1.82) is 0 Å². The summed E-state index contributed by atoms with van der Waals surface area (Å²) in [5, 5.41) is 3.36. The first-order valence-electron chi connectivity index (χ1n) is 7.20. The van der Waals surface area contributed by atoms with E-state index in [1.54, 1.807) is 6.26 Å². The van der Waals surface area contributed by atoms with Crippen LogP contribution in [0.2, 0.25) is 0 Å². The minimum absolute atomic E-state index is 0.459. The lowest BCUT2D eigenvalue weighted by Crippen LogP contribution is -2.22. The Bertz CT molecular complexity index is 356. The maximum atomic E-state index is 5.82. The number of hydrogen-bond acceptors (Lipinski definition) is 4. The smallest absolute Gasteiger partial charge is 0.123 e. The standard InChI is InChI=1S/C15H25NO3/c1-12(2)16-9-15-14(5-8-19-15)11-18-10-13-3-6-17-7-4-13/h5,8,12-13,16H,3-4,6-7,9-11H2,1-2H3. The van der Waals surface area contributed by atoms with Gasteiger partial charge in [0.05, 0.1) is 26.0 Å². The Hall–Kier alpha value is -0.840. The van der Waals surface area contributed by atoms with Crippen LogP contribution < -0.4 is 5.32 Å². The zero-order chi connectivity index (χ0) is 13.5. The molecule has 1 aromatic heterocycles. The summed E-state index contributed by atoms with van der Waals surface area (Å²) in [7, 11) is 0. The molecule has 1 N–H and O–H groups in total. The Morgan fingerprint density at radius 3 is 2.89 bits per heavy atom. The summed E-state index contributed by atoms with van der Waals surface area (Å²) < 4.78 is 16.7. The first-order chi connectivity index (χ1) is 9.25. The van der Waals surface area contributed by atoms with Crippen molar-refractivity contribution in [1.82, 2.24) is 5.32 Å². The molecule has 0 amide bonds. The van der Waals surface area contributed by atoms with Gasteiger partial charge in [-0.2, -0.15) is 0 Å². The van der Waals surface area contributed by atoms with Crippen LogP contribution in [0.25, 0.3) is 0 Å². The number of furan rings is 1. The average Bonchev–Trinajstić information content (AvgIpc) is 2.85. The summed E-state index contributed by atoms with van der Waals surface area (Å²) in [5.41, 5.74) is 1.15. The number of nitrogens with one attached hydrogen (secondary N) is 1. The number of ether oxygens (including phenoxy) is 2. The SMILES string of the molecule is CC(C)NCc1occc1COCC1CCOCC1. The monoisotopic (exact) mass is 267 g/mol.